The Morgan fingerprint density at radius 1 is 1.14 bits per heavy atom. The SMILES string of the molecule is CCCNCc1cc(C)ccc1OCc1cccc(F)c1. The Morgan fingerprint density at radius 2 is 2.00 bits per heavy atom. The number of rotatable bonds is 7. The molecule has 0 saturated carbocycles. The normalized spacial score (nSPS) is 10.6. The van der Waals surface area contributed by atoms with Crippen molar-refractivity contribution in [1.29, 1.82) is 0 Å². The quantitative estimate of drug-likeness (QED) is 0.770. The van der Waals surface area contributed by atoms with E-state index in [1.165, 1.54) is 17.7 Å². The van der Waals surface area contributed by atoms with E-state index in [2.05, 4.69) is 25.2 Å². The molecule has 3 heteroatoms. The fraction of sp³-hybridized carbons (Fsp3) is 0.333. The summed E-state index contributed by atoms with van der Waals surface area (Å²) >= 11 is 0. The minimum atomic E-state index is -0.232. The summed E-state index contributed by atoms with van der Waals surface area (Å²) in [5.74, 6) is 0.623. The van der Waals surface area contributed by atoms with Crippen LogP contribution in [0.1, 0.15) is 30.0 Å². The van der Waals surface area contributed by atoms with Gasteiger partial charge in [-0.05, 0) is 43.7 Å². The summed E-state index contributed by atoms with van der Waals surface area (Å²) in [6.07, 6.45) is 1.10. The van der Waals surface area contributed by atoms with Gasteiger partial charge in [0.15, 0.2) is 0 Å². The van der Waals surface area contributed by atoms with E-state index in [0.29, 0.717) is 6.61 Å². The van der Waals surface area contributed by atoms with Gasteiger partial charge in [-0.15, -0.1) is 0 Å². The topological polar surface area (TPSA) is 21.3 Å². The molecule has 2 rings (SSSR count). The molecule has 0 spiro atoms. The van der Waals surface area contributed by atoms with Crippen LogP contribution in [-0.4, -0.2) is 6.54 Å². The summed E-state index contributed by atoms with van der Waals surface area (Å²) in [6, 6.07) is 12.7. The molecule has 2 aromatic carbocycles. The van der Waals surface area contributed by atoms with E-state index in [0.717, 1.165) is 36.4 Å². The van der Waals surface area contributed by atoms with E-state index in [4.69, 9.17) is 4.74 Å². The maximum absolute atomic E-state index is 13.2. The average Bonchev–Trinajstić information content (AvgIpc) is 2.47. The van der Waals surface area contributed by atoms with Crippen molar-refractivity contribution >= 4 is 0 Å². The highest BCUT2D eigenvalue weighted by molar-refractivity contribution is 5.37. The molecule has 0 bridgehead atoms. The molecule has 0 aromatic heterocycles. The molecule has 0 atom stereocenters. The van der Waals surface area contributed by atoms with Gasteiger partial charge in [0.05, 0.1) is 0 Å². The lowest BCUT2D eigenvalue weighted by Gasteiger charge is -2.13. The van der Waals surface area contributed by atoms with Gasteiger partial charge >= 0.3 is 0 Å². The van der Waals surface area contributed by atoms with E-state index in [9.17, 15) is 4.39 Å². The van der Waals surface area contributed by atoms with Crippen molar-refractivity contribution in [3.8, 4) is 5.75 Å². The molecule has 0 radical (unpaired) electrons. The lowest BCUT2D eigenvalue weighted by atomic mass is 10.1. The number of benzene rings is 2. The largest absolute Gasteiger partial charge is 0.489 e. The van der Waals surface area contributed by atoms with Gasteiger partial charge in [-0.1, -0.05) is 36.8 Å². The molecule has 21 heavy (non-hydrogen) atoms. The highest BCUT2D eigenvalue weighted by Gasteiger charge is 2.05. The van der Waals surface area contributed by atoms with E-state index in [-0.39, 0.29) is 5.82 Å². The van der Waals surface area contributed by atoms with Gasteiger partial charge in [0.1, 0.15) is 18.2 Å². The van der Waals surface area contributed by atoms with Crippen molar-refractivity contribution in [3.63, 3.8) is 0 Å². The van der Waals surface area contributed by atoms with E-state index in [1.54, 1.807) is 6.07 Å². The second-order valence-corrected chi connectivity index (χ2v) is 5.21. The second-order valence-electron chi connectivity index (χ2n) is 5.21. The van der Waals surface area contributed by atoms with Crippen molar-refractivity contribution < 1.29 is 9.13 Å². The number of nitrogens with one attached hydrogen (secondary N) is 1. The standard InChI is InChI=1S/C18H22FNO/c1-3-9-20-12-16-10-14(2)7-8-18(16)21-13-15-5-4-6-17(19)11-15/h4-8,10-11,20H,3,9,12-13H2,1-2H3. The van der Waals surface area contributed by atoms with Crippen LogP contribution in [0.5, 0.6) is 5.75 Å². The number of halogens is 1. The molecule has 0 unspecified atom stereocenters. The maximum Gasteiger partial charge on any atom is 0.124 e. The molecule has 1 N–H and O–H groups in total. The Labute approximate surface area is 126 Å². The Balaban J connectivity index is 2.04. The van der Waals surface area contributed by atoms with Crippen LogP contribution in [0.4, 0.5) is 4.39 Å². The Morgan fingerprint density at radius 3 is 2.76 bits per heavy atom. The number of ether oxygens (including phenoxy) is 1. The summed E-state index contributed by atoms with van der Waals surface area (Å²) in [7, 11) is 0. The number of hydrogen-bond acceptors (Lipinski definition) is 2. The monoisotopic (exact) mass is 287 g/mol. The third-order valence-corrected chi connectivity index (χ3v) is 3.24. The van der Waals surface area contributed by atoms with Gasteiger partial charge in [0.2, 0.25) is 0 Å². The smallest absolute Gasteiger partial charge is 0.124 e. The zero-order chi connectivity index (χ0) is 15.1. The Bertz CT molecular complexity index is 583. The van der Waals surface area contributed by atoms with Gasteiger partial charge in [0.25, 0.3) is 0 Å². The van der Waals surface area contributed by atoms with Crippen molar-refractivity contribution in [2.75, 3.05) is 6.54 Å². The third kappa shape index (κ3) is 4.87. The molecular weight excluding hydrogens is 265 g/mol. The predicted octanol–water partition coefficient (Wildman–Crippen LogP) is 4.21. The molecule has 2 aromatic rings. The van der Waals surface area contributed by atoms with Crippen LogP contribution in [0.25, 0.3) is 0 Å². The van der Waals surface area contributed by atoms with E-state index < -0.39 is 0 Å². The predicted molar refractivity (Wildman–Crippen MR) is 83.9 cm³/mol. The van der Waals surface area contributed by atoms with Gasteiger partial charge < -0.3 is 10.1 Å². The van der Waals surface area contributed by atoms with Crippen LogP contribution in [0, 0.1) is 12.7 Å². The minimum Gasteiger partial charge on any atom is -0.489 e. The zero-order valence-corrected chi connectivity index (χ0v) is 12.7. The van der Waals surface area contributed by atoms with E-state index >= 15 is 0 Å². The van der Waals surface area contributed by atoms with Gasteiger partial charge in [-0.3, -0.25) is 0 Å². The zero-order valence-electron chi connectivity index (χ0n) is 12.7. The Kier molecular flexibility index (Phi) is 5.76. The molecule has 112 valence electrons. The van der Waals surface area contributed by atoms with E-state index in [1.807, 2.05) is 18.2 Å². The molecule has 0 fully saturated rings. The van der Waals surface area contributed by atoms with Crippen LogP contribution in [0.3, 0.4) is 0 Å². The third-order valence-electron chi connectivity index (χ3n) is 3.24. The van der Waals surface area contributed by atoms with Gasteiger partial charge in [0, 0.05) is 12.1 Å². The molecule has 0 saturated heterocycles. The van der Waals surface area contributed by atoms with Crippen LogP contribution in [0.2, 0.25) is 0 Å². The minimum absolute atomic E-state index is 0.232. The summed E-state index contributed by atoms with van der Waals surface area (Å²) in [5.41, 5.74) is 3.18. The number of aryl methyl sites for hydroxylation is 1. The lowest BCUT2D eigenvalue weighted by molar-refractivity contribution is 0.301. The van der Waals surface area contributed by atoms with Crippen molar-refractivity contribution in [3.05, 3.63) is 65.0 Å². The highest BCUT2D eigenvalue weighted by atomic mass is 19.1. The number of hydrogen-bond donors (Lipinski definition) is 1. The summed E-state index contributed by atoms with van der Waals surface area (Å²) in [5, 5.41) is 3.39. The summed E-state index contributed by atoms with van der Waals surface area (Å²) < 4.78 is 19.0. The summed E-state index contributed by atoms with van der Waals surface area (Å²) in [4.78, 5) is 0. The second kappa shape index (κ2) is 7.79. The first-order valence-electron chi connectivity index (χ1n) is 7.36. The van der Waals surface area contributed by atoms with Crippen LogP contribution in [0.15, 0.2) is 42.5 Å². The van der Waals surface area contributed by atoms with Crippen molar-refractivity contribution in [2.45, 2.75) is 33.4 Å². The van der Waals surface area contributed by atoms with Crippen molar-refractivity contribution in [1.82, 2.24) is 5.32 Å². The van der Waals surface area contributed by atoms with Crippen molar-refractivity contribution in [2.24, 2.45) is 0 Å². The maximum atomic E-state index is 13.2. The molecule has 0 aliphatic heterocycles. The van der Waals surface area contributed by atoms with Gasteiger partial charge in [-0.25, -0.2) is 4.39 Å². The van der Waals surface area contributed by atoms with Crippen LogP contribution in [-0.2, 0) is 13.2 Å². The fourth-order valence-electron chi connectivity index (χ4n) is 2.17. The fourth-order valence-corrected chi connectivity index (χ4v) is 2.17. The first-order valence-corrected chi connectivity index (χ1v) is 7.36. The lowest BCUT2D eigenvalue weighted by Crippen LogP contribution is -2.14. The molecule has 0 aliphatic carbocycles. The van der Waals surface area contributed by atoms with Crippen LogP contribution >= 0.6 is 0 Å². The molecule has 2 nitrogen and oxygen atoms in total. The molecule has 0 heterocycles. The summed E-state index contributed by atoms with van der Waals surface area (Å²) in [6.45, 7) is 6.36. The first kappa shape index (κ1) is 15.5. The highest BCUT2D eigenvalue weighted by Crippen LogP contribution is 2.21. The average molecular weight is 287 g/mol. The first-order chi connectivity index (χ1) is 10.2. The van der Waals surface area contributed by atoms with Gasteiger partial charge in [-0.2, -0.15) is 0 Å². The Hall–Kier alpha value is -1.87. The van der Waals surface area contributed by atoms with Crippen LogP contribution < -0.4 is 10.1 Å². The molecule has 0 amide bonds. The molecular formula is C18H22FNO. The molecule has 0 aliphatic rings.